The molecule has 2 aromatic carbocycles. The van der Waals surface area contributed by atoms with Crippen LogP contribution in [0.4, 0.5) is 10.1 Å². The molecule has 3 aromatic rings. The predicted molar refractivity (Wildman–Crippen MR) is 90.3 cm³/mol. The molecule has 1 heterocycles. The van der Waals surface area contributed by atoms with Crippen molar-refractivity contribution in [3.8, 4) is 5.75 Å². The lowest BCUT2D eigenvalue weighted by atomic mass is 10.2. The Bertz CT molecular complexity index is 953. The minimum atomic E-state index is -0.884. The number of amides is 2. The van der Waals surface area contributed by atoms with Crippen LogP contribution in [0, 0.1) is 5.82 Å². The van der Waals surface area contributed by atoms with E-state index in [1.807, 2.05) is 0 Å². The highest BCUT2D eigenvalue weighted by Crippen LogP contribution is 2.31. The zero-order chi connectivity index (χ0) is 18.0. The number of nitrogens with two attached hydrogens (primary N) is 1. The van der Waals surface area contributed by atoms with Gasteiger partial charge in [-0.1, -0.05) is 11.6 Å². The molecule has 3 N–H and O–H groups in total. The Morgan fingerprint density at radius 2 is 1.92 bits per heavy atom. The van der Waals surface area contributed by atoms with E-state index in [0.29, 0.717) is 10.8 Å². The van der Waals surface area contributed by atoms with Crippen molar-refractivity contribution in [2.45, 2.75) is 0 Å². The first-order chi connectivity index (χ1) is 11.9. The average molecular weight is 363 g/mol. The Morgan fingerprint density at radius 1 is 1.20 bits per heavy atom. The number of nitrogens with one attached hydrogen (secondary N) is 1. The summed E-state index contributed by atoms with van der Waals surface area (Å²) in [7, 11) is 0. The van der Waals surface area contributed by atoms with Crippen LogP contribution in [-0.2, 0) is 4.79 Å². The molecule has 8 heteroatoms. The summed E-state index contributed by atoms with van der Waals surface area (Å²) in [5, 5.41) is 3.24. The van der Waals surface area contributed by atoms with Gasteiger partial charge >= 0.3 is 0 Å². The fraction of sp³-hybridized carbons (Fsp3) is 0.0588. The molecule has 128 valence electrons. The summed E-state index contributed by atoms with van der Waals surface area (Å²) in [6.07, 6.45) is 0. The van der Waals surface area contributed by atoms with Gasteiger partial charge in [0.05, 0.1) is 0 Å². The first kappa shape index (κ1) is 16.8. The summed E-state index contributed by atoms with van der Waals surface area (Å²) in [5.41, 5.74) is 5.48. The van der Waals surface area contributed by atoms with Gasteiger partial charge in [0.25, 0.3) is 11.8 Å². The molecule has 0 bridgehead atoms. The van der Waals surface area contributed by atoms with Gasteiger partial charge in [-0.15, -0.1) is 0 Å². The third-order valence-corrected chi connectivity index (χ3v) is 3.57. The second-order valence-corrected chi connectivity index (χ2v) is 5.54. The Morgan fingerprint density at radius 3 is 2.60 bits per heavy atom. The van der Waals surface area contributed by atoms with Crippen molar-refractivity contribution in [3.63, 3.8) is 0 Å². The van der Waals surface area contributed by atoms with Gasteiger partial charge in [-0.05, 0) is 42.5 Å². The van der Waals surface area contributed by atoms with Gasteiger partial charge in [0.1, 0.15) is 22.8 Å². The Hall–Kier alpha value is -3.06. The predicted octanol–water partition coefficient (Wildman–Crippen LogP) is 3.34. The number of fused-ring (bicyclic) bond motifs is 1. The summed E-state index contributed by atoms with van der Waals surface area (Å²) in [4.78, 5) is 23.6. The average Bonchev–Trinajstić information content (AvgIpc) is 2.92. The quantitative estimate of drug-likeness (QED) is 0.727. The maximum Gasteiger partial charge on any atom is 0.286 e. The van der Waals surface area contributed by atoms with Gasteiger partial charge in [0.2, 0.25) is 5.76 Å². The van der Waals surface area contributed by atoms with Crippen molar-refractivity contribution in [1.29, 1.82) is 0 Å². The molecule has 0 aliphatic carbocycles. The van der Waals surface area contributed by atoms with E-state index in [2.05, 4.69) is 5.32 Å². The van der Waals surface area contributed by atoms with Crippen LogP contribution in [0.2, 0.25) is 5.02 Å². The van der Waals surface area contributed by atoms with Crippen molar-refractivity contribution >= 4 is 40.1 Å². The van der Waals surface area contributed by atoms with Crippen LogP contribution in [-0.4, -0.2) is 18.4 Å². The standard InChI is InChI=1S/C17H12ClFN2O4/c18-9-1-4-11(5-2-9)24-8-14(22)21-15-12-7-10(19)3-6-13(12)25-16(15)17(20)23/h1-7H,8H2,(H2,20,23)(H,21,22). The second-order valence-electron chi connectivity index (χ2n) is 5.10. The van der Waals surface area contributed by atoms with E-state index in [4.69, 9.17) is 26.5 Å². The number of carbonyl (C=O) groups is 2. The molecular formula is C17H12ClFN2O4. The summed E-state index contributed by atoms with van der Waals surface area (Å²) in [6, 6.07) is 10.1. The molecule has 0 saturated carbocycles. The second kappa shape index (κ2) is 6.82. The highest BCUT2D eigenvalue weighted by Gasteiger charge is 2.21. The molecule has 0 atom stereocenters. The van der Waals surface area contributed by atoms with E-state index < -0.39 is 17.6 Å². The van der Waals surface area contributed by atoms with E-state index >= 15 is 0 Å². The van der Waals surface area contributed by atoms with E-state index in [9.17, 15) is 14.0 Å². The fourth-order valence-corrected chi connectivity index (χ4v) is 2.35. The van der Waals surface area contributed by atoms with Crippen LogP contribution in [0.25, 0.3) is 11.0 Å². The number of ether oxygens (including phenoxy) is 1. The largest absolute Gasteiger partial charge is 0.484 e. The Labute approximate surface area is 146 Å². The van der Waals surface area contributed by atoms with Crippen LogP contribution in [0.15, 0.2) is 46.9 Å². The van der Waals surface area contributed by atoms with Crippen molar-refractivity contribution in [2.24, 2.45) is 5.73 Å². The Balaban J connectivity index is 1.80. The fourth-order valence-electron chi connectivity index (χ4n) is 2.22. The lowest BCUT2D eigenvalue weighted by Crippen LogP contribution is -2.22. The summed E-state index contributed by atoms with van der Waals surface area (Å²) in [6.45, 7) is -0.332. The third-order valence-electron chi connectivity index (χ3n) is 3.32. The van der Waals surface area contributed by atoms with Gasteiger partial charge in [0, 0.05) is 10.4 Å². The summed E-state index contributed by atoms with van der Waals surface area (Å²) >= 11 is 5.76. The van der Waals surface area contributed by atoms with Crippen molar-refractivity contribution < 1.29 is 23.1 Å². The van der Waals surface area contributed by atoms with Crippen LogP contribution in [0.1, 0.15) is 10.6 Å². The maximum absolute atomic E-state index is 13.5. The van der Waals surface area contributed by atoms with Gasteiger partial charge in [-0.3, -0.25) is 9.59 Å². The number of halogens is 2. The number of furan rings is 1. The molecule has 0 fully saturated rings. The molecule has 0 aliphatic rings. The molecule has 0 spiro atoms. The number of anilines is 1. The SMILES string of the molecule is NC(=O)c1oc2ccc(F)cc2c1NC(=O)COc1ccc(Cl)cc1. The topological polar surface area (TPSA) is 94.6 Å². The van der Waals surface area contributed by atoms with E-state index in [0.717, 1.165) is 6.07 Å². The normalized spacial score (nSPS) is 10.6. The van der Waals surface area contributed by atoms with Crippen molar-refractivity contribution in [1.82, 2.24) is 0 Å². The molecule has 1 aromatic heterocycles. The molecule has 3 rings (SSSR count). The number of hydrogen-bond acceptors (Lipinski definition) is 4. The number of carbonyl (C=O) groups excluding carboxylic acids is 2. The van der Waals surface area contributed by atoms with Gasteiger partial charge in [-0.25, -0.2) is 4.39 Å². The Kier molecular flexibility index (Phi) is 4.58. The lowest BCUT2D eigenvalue weighted by molar-refractivity contribution is -0.118. The molecule has 0 saturated heterocycles. The number of rotatable bonds is 5. The van der Waals surface area contributed by atoms with E-state index in [1.165, 1.54) is 12.1 Å². The molecule has 0 aliphatic heterocycles. The van der Waals surface area contributed by atoms with Crippen LogP contribution in [0.3, 0.4) is 0 Å². The van der Waals surface area contributed by atoms with Crippen molar-refractivity contribution in [2.75, 3.05) is 11.9 Å². The molecular weight excluding hydrogens is 351 g/mol. The van der Waals surface area contributed by atoms with Gasteiger partial charge < -0.3 is 20.2 Å². The van der Waals surface area contributed by atoms with E-state index in [-0.39, 0.29) is 29.0 Å². The molecule has 6 nitrogen and oxygen atoms in total. The molecule has 2 amide bonds. The van der Waals surface area contributed by atoms with Crippen LogP contribution >= 0.6 is 11.6 Å². The highest BCUT2D eigenvalue weighted by atomic mass is 35.5. The smallest absolute Gasteiger partial charge is 0.286 e. The summed E-state index contributed by atoms with van der Waals surface area (Å²) < 4.78 is 24.1. The minimum absolute atomic E-state index is 0.00621. The lowest BCUT2D eigenvalue weighted by Gasteiger charge is -2.07. The zero-order valence-corrected chi connectivity index (χ0v) is 13.5. The van der Waals surface area contributed by atoms with Gasteiger partial charge in [0.15, 0.2) is 6.61 Å². The number of benzene rings is 2. The van der Waals surface area contributed by atoms with E-state index in [1.54, 1.807) is 24.3 Å². The van der Waals surface area contributed by atoms with Crippen molar-refractivity contribution in [3.05, 3.63) is 59.1 Å². The molecule has 0 radical (unpaired) electrons. The highest BCUT2D eigenvalue weighted by molar-refractivity contribution is 6.30. The first-order valence-electron chi connectivity index (χ1n) is 7.14. The molecule has 25 heavy (non-hydrogen) atoms. The maximum atomic E-state index is 13.5. The number of hydrogen-bond donors (Lipinski definition) is 2. The van der Waals surface area contributed by atoms with Crippen LogP contribution < -0.4 is 15.8 Å². The summed E-state index contributed by atoms with van der Waals surface area (Å²) in [5.74, 6) is -1.81. The minimum Gasteiger partial charge on any atom is -0.484 e. The third kappa shape index (κ3) is 3.72. The van der Waals surface area contributed by atoms with Gasteiger partial charge in [-0.2, -0.15) is 0 Å². The van der Waals surface area contributed by atoms with Crippen LogP contribution in [0.5, 0.6) is 5.75 Å². The zero-order valence-electron chi connectivity index (χ0n) is 12.7. The molecule has 0 unspecified atom stereocenters. The number of primary amides is 1. The first-order valence-corrected chi connectivity index (χ1v) is 7.52. The monoisotopic (exact) mass is 362 g/mol.